The molecule has 0 saturated carbocycles. The fraction of sp³-hybridized carbons (Fsp3) is 0.500. The zero-order chi connectivity index (χ0) is 12.4. The van der Waals surface area contributed by atoms with Crippen LogP contribution >= 0.6 is 11.3 Å². The molecule has 0 radical (unpaired) electrons. The highest BCUT2D eigenvalue weighted by Crippen LogP contribution is 2.26. The van der Waals surface area contributed by atoms with E-state index in [9.17, 15) is 0 Å². The van der Waals surface area contributed by atoms with Gasteiger partial charge in [0, 0.05) is 18.1 Å². The van der Waals surface area contributed by atoms with Crippen LogP contribution in [0.1, 0.15) is 22.3 Å². The summed E-state index contributed by atoms with van der Waals surface area (Å²) in [5, 5.41) is 10.4. The highest BCUT2D eigenvalue weighted by atomic mass is 32.1. The van der Waals surface area contributed by atoms with Gasteiger partial charge < -0.3 is 4.74 Å². The lowest BCUT2D eigenvalue weighted by atomic mass is 10.1. The first kappa shape index (κ1) is 11.8. The van der Waals surface area contributed by atoms with Crippen molar-refractivity contribution in [3.63, 3.8) is 0 Å². The Morgan fingerprint density at radius 1 is 1.61 bits per heavy atom. The maximum Gasteiger partial charge on any atom is 0.107 e. The molecule has 6 heteroatoms. The van der Waals surface area contributed by atoms with Crippen LogP contribution in [0, 0.1) is 6.92 Å². The quantitative estimate of drug-likeness (QED) is 0.917. The normalized spacial score (nSPS) is 21.3. The third kappa shape index (κ3) is 2.31. The number of nitrogens with zero attached hydrogens (tertiary/aromatic N) is 3. The van der Waals surface area contributed by atoms with Crippen molar-refractivity contribution in [1.29, 1.82) is 0 Å². The van der Waals surface area contributed by atoms with Gasteiger partial charge >= 0.3 is 0 Å². The minimum absolute atomic E-state index is 0.255. The minimum atomic E-state index is 0.255. The van der Waals surface area contributed by atoms with E-state index >= 15 is 0 Å². The first-order valence-corrected chi connectivity index (χ1v) is 6.92. The van der Waals surface area contributed by atoms with Gasteiger partial charge in [0.05, 0.1) is 37.7 Å². The number of rotatable bonds is 3. The predicted molar refractivity (Wildman–Crippen MR) is 69.4 cm³/mol. The highest BCUT2D eigenvalue weighted by molar-refractivity contribution is 7.09. The predicted octanol–water partition coefficient (Wildman–Crippen LogP) is 1.75. The largest absolute Gasteiger partial charge is 0.378 e. The highest BCUT2D eigenvalue weighted by Gasteiger charge is 2.27. The molecule has 5 nitrogen and oxygen atoms in total. The molecule has 2 aromatic rings. The second kappa shape index (κ2) is 5.17. The van der Waals surface area contributed by atoms with Crippen LogP contribution in [0.15, 0.2) is 17.8 Å². The molecule has 0 amide bonds. The van der Waals surface area contributed by atoms with Crippen molar-refractivity contribution in [3.8, 4) is 0 Å². The molecule has 1 unspecified atom stereocenters. The Morgan fingerprint density at radius 2 is 2.56 bits per heavy atom. The number of ether oxygens (including phenoxy) is 1. The molecule has 0 bridgehead atoms. The van der Waals surface area contributed by atoms with Gasteiger partial charge in [-0.15, -0.1) is 11.3 Å². The number of aromatic nitrogens is 3. The molecule has 0 spiro atoms. The molecular formula is C12H16N4OS. The standard InChI is InChI=1S/C12H16N4OS/c1-9-6-14-15-12(9)10-8-17-4-3-16(10)7-11-13-2-5-18-11/h2,5-6,10H,3-4,7-8H2,1H3,(H,14,15). The van der Waals surface area contributed by atoms with Crippen molar-refractivity contribution in [1.82, 2.24) is 20.1 Å². The van der Waals surface area contributed by atoms with E-state index in [2.05, 4.69) is 27.0 Å². The molecule has 1 saturated heterocycles. The van der Waals surface area contributed by atoms with Crippen LogP contribution in [0.3, 0.4) is 0 Å². The maximum absolute atomic E-state index is 5.60. The van der Waals surface area contributed by atoms with Crippen LogP contribution in [-0.2, 0) is 11.3 Å². The summed E-state index contributed by atoms with van der Waals surface area (Å²) in [7, 11) is 0. The van der Waals surface area contributed by atoms with E-state index < -0.39 is 0 Å². The summed E-state index contributed by atoms with van der Waals surface area (Å²) in [6, 6.07) is 0.255. The Labute approximate surface area is 110 Å². The van der Waals surface area contributed by atoms with Crippen LogP contribution < -0.4 is 0 Å². The molecule has 18 heavy (non-hydrogen) atoms. The third-order valence-electron chi connectivity index (χ3n) is 3.26. The lowest BCUT2D eigenvalue weighted by Gasteiger charge is -2.34. The van der Waals surface area contributed by atoms with Crippen molar-refractivity contribution >= 4 is 11.3 Å². The van der Waals surface area contributed by atoms with E-state index in [-0.39, 0.29) is 6.04 Å². The molecule has 2 aromatic heterocycles. The van der Waals surface area contributed by atoms with Gasteiger partial charge in [-0.05, 0) is 12.5 Å². The first-order chi connectivity index (χ1) is 8.84. The van der Waals surface area contributed by atoms with Crippen molar-refractivity contribution in [2.45, 2.75) is 19.5 Å². The number of aryl methyl sites for hydroxylation is 1. The zero-order valence-electron chi connectivity index (χ0n) is 10.3. The van der Waals surface area contributed by atoms with E-state index in [0.717, 1.165) is 30.4 Å². The number of hydrogen-bond acceptors (Lipinski definition) is 5. The Balaban J connectivity index is 1.80. The van der Waals surface area contributed by atoms with Crippen LogP contribution in [-0.4, -0.2) is 39.8 Å². The lowest BCUT2D eigenvalue weighted by Crippen LogP contribution is -2.39. The Kier molecular flexibility index (Phi) is 3.40. The molecule has 1 N–H and O–H groups in total. The van der Waals surface area contributed by atoms with Gasteiger partial charge in [0.2, 0.25) is 0 Å². The van der Waals surface area contributed by atoms with Crippen molar-refractivity contribution in [3.05, 3.63) is 34.0 Å². The van der Waals surface area contributed by atoms with Crippen LogP contribution in [0.4, 0.5) is 0 Å². The molecule has 96 valence electrons. The summed E-state index contributed by atoms with van der Waals surface area (Å²) in [5.41, 5.74) is 2.35. The van der Waals surface area contributed by atoms with Crippen molar-refractivity contribution in [2.24, 2.45) is 0 Å². The number of hydrogen-bond donors (Lipinski definition) is 1. The number of morpholine rings is 1. The second-order valence-corrected chi connectivity index (χ2v) is 5.43. The molecule has 3 heterocycles. The van der Waals surface area contributed by atoms with Crippen molar-refractivity contribution in [2.75, 3.05) is 19.8 Å². The van der Waals surface area contributed by atoms with Gasteiger partial charge in [-0.25, -0.2) is 4.98 Å². The summed E-state index contributed by atoms with van der Waals surface area (Å²) in [5.74, 6) is 0. The Morgan fingerprint density at radius 3 is 3.28 bits per heavy atom. The van der Waals surface area contributed by atoms with Gasteiger partial charge in [-0.1, -0.05) is 0 Å². The van der Waals surface area contributed by atoms with Gasteiger partial charge in [0.15, 0.2) is 0 Å². The van der Waals surface area contributed by atoms with Crippen LogP contribution in [0.25, 0.3) is 0 Å². The third-order valence-corrected chi connectivity index (χ3v) is 4.03. The van der Waals surface area contributed by atoms with E-state index in [4.69, 9.17) is 4.74 Å². The molecule has 0 aromatic carbocycles. The Bertz CT molecular complexity index is 496. The van der Waals surface area contributed by atoms with Crippen LogP contribution in [0.2, 0.25) is 0 Å². The molecule has 1 aliphatic rings. The molecule has 1 atom stereocenters. The summed E-state index contributed by atoms with van der Waals surface area (Å²) in [6.45, 7) is 5.39. The summed E-state index contributed by atoms with van der Waals surface area (Å²) >= 11 is 1.70. The van der Waals surface area contributed by atoms with Crippen molar-refractivity contribution < 1.29 is 4.74 Å². The number of nitrogens with one attached hydrogen (secondary N) is 1. The molecule has 0 aliphatic carbocycles. The number of aromatic amines is 1. The molecule has 3 rings (SSSR count). The molecular weight excluding hydrogens is 248 g/mol. The van der Waals surface area contributed by atoms with E-state index in [0.29, 0.717) is 6.61 Å². The lowest BCUT2D eigenvalue weighted by molar-refractivity contribution is -0.0145. The second-order valence-electron chi connectivity index (χ2n) is 4.45. The van der Waals surface area contributed by atoms with E-state index in [1.54, 1.807) is 11.3 Å². The maximum atomic E-state index is 5.60. The summed E-state index contributed by atoms with van der Waals surface area (Å²) in [4.78, 5) is 6.76. The van der Waals surface area contributed by atoms with Gasteiger partial charge in [0.1, 0.15) is 5.01 Å². The van der Waals surface area contributed by atoms with E-state index in [1.165, 1.54) is 5.56 Å². The monoisotopic (exact) mass is 264 g/mol. The minimum Gasteiger partial charge on any atom is -0.378 e. The number of thiazole rings is 1. The topological polar surface area (TPSA) is 54.0 Å². The fourth-order valence-corrected chi connectivity index (χ4v) is 2.93. The van der Waals surface area contributed by atoms with Crippen LogP contribution in [0.5, 0.6) is 0 Å². The number of H-pyrrole nitrogens is 1. The molecule has 1 aliphatic heterocycles. The van der Waals surface area contributed by atoms with Gasteiger partial charge in [-0.3, -0.25) is 10.00 Å². The average Bonchev–Trinajstić information content (AvgIpc) is 3.02. The van der Waals surface area contributed by atoms with Gasteiger partial charge in [-0.2, -0.15) is 5.10 Å². The van der Waals surface area contributed by atoms with Gasteiger partial charge in [0.25, 0.3) is 0 Å². The summed E-state index contributed by atoms with van der Waals surface area (Å²) < 4.78 is 5.60. The summed E-state index contributed by atoms with van der Waals surface area (Å²) in [6.07, 6.45) is 3.72. The smallest absolute Gasteiger partial charge is 0.107 e. The first-order valence-electron chi connectivity index (χ1n) is 6.04. The molecule has 1 fully saturated rings. The zero-order valence-corrected chi connectivity index (χ0v) is 11.1. The fourth-order valence-electron chi connectivity index (χ4n) is 2.29. The SMILES string of the molecule is Cc1cn[nH]c1C1COCCN1Cc1nccs1. The Hall–Kier alpha value is -1.24. The average molecular weight is 264 g/mol. The van der Waals surface area contributed by atoms with E-state index in [1.807, 2.05) is 17.8 Å².